The van der Waals surface area contributed by atoms with Gasteiger partial charge < -0.3 is 21.1 Å². The van der Waals surface area contributed by atoms with Crippen LogP contribution in [0.3, 0.4) is 0 Å². The van der Waals surface area contributed by atoms with E-state index in [0.717, 1.165) is 32.8 Å². The van der Waals surface area contributed by atoms with E-state index in [1.807, 2.05) is 91.9 Å². The molecule has 2 amide bonds. The van der Waals surface area contributed by atoms with Gasteiger partial charge in [-0.15, -0.1) is 0 Å². The Morgan fingerprint density at radius 2 is 1.37 bits per heavy atom. The van der Waals surface area contributed by atoms with E-state index in [-0.39, 0.29) is 35.5 Å². The highest BCUT2D eigenvalue weighted by Gasteiger charge is 2.21. The molecule has 4 aromatic carbocycles. The molecule has 242 valence electrons. The van der Waals surface area contributed by atoms with E-state index in [4.69, 9.17) is 0 Å². The van der Waals surface area contributed by atoms with Gasteiger partial charge in [0.25, 0.3) is 11.8 Å². The third-order valence-electron chi connectivity index (χ3n) is 7.78. The third kappa shape index (κ3) is 10.00. The molecule has 4 N–H and O–H groups in total. The zero-order valence-corrected chi connectivity index (χ0v) is 27.3. The number of nitrogens with zero attached hydrogens (tertiary/aromatic N) is 1. The second kappa shape index (κ2) is 16.2. The number of nitrogens with one attached hydrogen (secondary N) is 3. The lowest BCUT2D eigenvalue weighted by atomic mass is 10.0. The maximum Gasteiger partial charge on any atom is 0.251 e. The van der Waals surface area contributed by atoms with Crippen molar-refractivity contribution in [3.63, 3.8) is 0 Å². The normalized spacial score (nSPS) is 12.6. The largest absolute Gasteiger partial charge is 0.392 e. The van der Waals surface area contributed by atoms with Gasteiger partial charge in [-0.05, 0) is 66.8 Å². The molecule has 0 aliphatic heterocycles. The molecule has 4 aromatic rings. The van der Waals surface area contributed by atoms with Crippen LogP contribution in [0.5, 0.6) is 0 Å². The minimum absolute atomic E-state index is 0.0182. The molecule has 9 nitrogen and oxygen atoms in total. The summed E-state index contributed by atoms with van der Waals surface area (Å²) in [5.41, 5.74) is 4.43. The molecule has 0 aromatic heterocycles. The standard InChI is InChI=1S/C36H42N4O5S/c1-26(30-15-8-5-9-16-30)38-35(42)31-21-32(23-34(22-31)40(2)46(3,44)45)36(43)39-33(20-27-11-6-4-7-12-27)17-18-37-24-28-13-10-14-29(19-28)25-41/h4-16,19,21-23,26,33,37,41H,17-18,20,24-25H2,1-3H3,(H,38,42)(H,39,43)/t26-,33-/m1/s1. The zero-order valence-electron chi connectivity index (χ0n) is 26.4. The Morgan fingerprint density at radius 1 is 0.783 bits per heavy atom. The van der Waals surface area contributed by atoms with Crippen LogP contribution < -0.4 is 20.3 Å². The number of anilines is 1. The van der Waals surface area contributed by atoms with Crippen molar-refractivity contribution < 1.29 is 23.1 Å². The Hall–Kier alpha value is -4.51. The first-order chi connectivity index (χ1) is 22.0. The van der Waals surface area contributed by atoms with E-state index in [1.54, 1.807) is 0 Å². The minimum Gasteiger partial charge on any atom is -0.392 e. The lowest BCUT2D eigenvalue weighted by Crippen LogP contribution is -2.39. The first-order valence-electron chi connectivity index (χ1n) is 15.2. The fraction of sp³-hybridized carbons (Fsp3) is 0.278. The predicted molar refractivity (Wildman–Crippen MR) is 182 cm³/mol. The minimum atomic E-state index is -3.67. The number of rotatable bonds is 15. The highest BCUT2D eigenvalue weighted by molar-refractivity contribution is 7.92. The molecular weight excluding hydrogens is 600 g/mol. The molecule has 0 heterocycles. The van der Waals surface area contributed by atoms with Crippen molar-refractivity contribution in [1.29, 1.82) is 0 Å². The van der Waals surface area contributed by atoms with Crippen molar-refractivity contribution >= 4 is 27.5 Å². The van der Waals surface area contributed by atoms with Crippen molar-refractivity contribution in [2.45, 2.75) is 45.0 Å². The number of hydrogen-bond acceptors (Lipinski definition) is 6. The number of aliphatic hydroxyl groups excluding tert-OH is 1. The topological polar surface area (TPSA) is 128 Å². The van der Waals surface area contributed by atoms with Gasteiger partial charge in [0.15, 0.2) is 0 Å². The SMILES string of the molecule is C[C@@H](NC(=O)c1cc(C(=O)N[C@H](CCNCc2cccc(CO)c2)Cc2ccccc2)cc(N(C)S(C)(=O)=O)c1)c1ccccc1. The fourth-order valence-corrected chi connectivity index (χ4v) is 5.58. The Balaban J connectivity index is 1.54. The van der Waals surface area contributed by atoms with Crippen LogP contribution in [0.2, 0.25) is 0 Å². The summed E-state index contributed by atoms with van der Waals surface area (Å²) < 4.78 is 25.9. The number of benzene rings is 4. The average molecular weight is 643 g/mol. The summed E-state index contributed by atoms with van der Waals surface area (Å²) in [6.07, 6.45) is 2.27. The molecule has 0 radical (unpaired) electrons. The highest BCUT2D eigenvalue weighted by atomic mass is 32.2. The van der Waals surface area contributed by atoms with E-state index in [2.05, 4.69) is 16.0 Å². The maximum atomic E-state index is 13.8. The van der Waals surface area contributed by atoms with Gasteiger partial charge in [-0.1, -0.05) is 84.9 Å². The summed E-state index contributed by atoms with van der Waals surface area (Å²) in [4.78, 5) is 27.1. The molecule has 0 aliphatic carbocycles. The molecule has 4 rings (SSSR count). The monoisotopic (exact) mass is 642 g/mol. The average Bonchev–Trinajstić information content (AvgIpc) is 3.06. The Morgan fingerprint density at radius 3 is 2.00 bits per heavy atom. The van der Waals surface area contributed by atoms with Crippen LogP contribution in [0.15, 0.2) is 103 Å². The fourth-order valence-electron chi connectivity index (χ4n) is 5.09. The van der Waals surface area contributed by atoms with Crippen LogP contribution in [-0.4, -0.2) is 51.2 Å². The molecule has 0 aliphatic rings. The molecule has 0 saturated carbocycles. The van der Waals surface area contributed by atoms with E-state index >= 15 is 0 Å². The van der Waals surface area contributed by atoms with Crippen LogP contribution in [-0.2, 0) is 29.6 Å². The molecule has 10 heteroatoms. The van der Waals surface area contributed by atoms with Gasteiger partial charge in [0, 0.05) is 30.8 Å². The number of hydrogen-bond donors (Lipinski definition) is 4. The van der Waals surface area contributed by atoms with Crippen molar-refractivity contribution in [2.75, 3.05) is 24.2 Å². The van der Waals surface area contributed by atoms with E-state index in [0.29, 0.717) is 25.9 Å². The number of sulfonamides is 1. The Bertz CT molecular complexity index is 1720. The van der Waals surface area contributed by atoms with Crippen LogP contribution in [0, 0.1) is 0 Å². The first-order valence-corrected chi connectivity index (χ1v) is 17.1. The van der Waals surface area contributed by atoms with Crippen LogP contribution >= 0.6 is 0 Å². The molecule has 0 saturated heterocycles. The number of aliphatic hydroxyl groups is 1. The summed E-state index contributed by atoms with van der Waals surface area (Å²) in [7, 11) is -2.28. The van der Waals surface area contributed by atoms with Gasteiger partial charge in [-0.25, -0.2) is 8.42 Å². The molecule has 0 unspecified atom stereocenters. The van der Waals surface area contributed by atoms with Gasteiger partial charge in [-0.2, -0.15) is 0 Å². The van der Waals surface area contributed by atoms with Gasteiger partial charge in [-0.3, -0.25) is 13.9 Å². The lowest BCUT2D eigenvalue weighted by molar-refractivity contribution is 0.0934. The van der Waals surface area contributed by atoms with Crippen LogP contribution in [0.25, 0.3) is 0 Å². The number of carbonyl (C=O) groups excluding carboxylic acids is 2. The Kier molecular flexibility index (Phi) is 12.1. The third-order valence-corrected chi connectivity index (χ3v) is 8.99. The summed E-state index contributed by atoms with van der Waals surface area (Å²) in [6, 6.07) is 30.9. The summed E-state index contributed by atoms with van der Waals surface area (Å²) in [5.74, 6) is -0.838. The molecule has 0 bridgehead atoms. The second-order valence-electron chi connectivity index (χ2n) is 11.4. The van der Waals surface area contributed by atoms with Crippen LogP contribution in [0.1, 0.15) is 62.4 Å². The smallest absolute Gasteiger partial charge is 0.251 e. The number of amides is 2. The second-order valence-corrected chi connectivity index (χ2v) is 13.4. The summed E-state index contributed by atoms with van der Waals surface area (Å²) in [5, 5.41) is 18.9. The maximum absolute atomic E-state index is 13.8. The molecule has 46 heavy (non-hydrogen) atoms. The van der Waals surface area contributed by atoms with Gasteiger partial charge in [0.05, 0.1) is 24.6 Å². The van der Waals surface area contributed by atoms with Crippen molar-refractivity contribution in [3.8, 4) is 0 Å². The summed E-state index contributed by atoms with van der Waals surface area (Å²) in [6.45, 7) is 3.07. The highest BCUT2D eigenvalue weighted by Crippen LogP contribution is 2.22. The zero-order chi connectivity index (χ0) is 33.1. The molecule has 2 atom stereocenters. The molecular formula is C36H42N4O5S. The van der Waals surface area contributed by atoms with Gasteiger partial charge in [0.2, 0.25) is 10.0 Å². The quantitative estimate of drug-likeness (QED) is 0.141. The van der Waals surface area contributed by atoms with E-state index in [1.165, 1.54) is 25.2 Å². The molecule has 0 spiro atoms. The molecule has 0 fully saturated rings. The van der Waals surface area contributed by atoms with E-state index in [9.17, 15) is 23.1 Å². The van der Waals surface area contributed by atoms with Crippen LogP contribution in [0.4, 0.5) is 5.69 Å². The van der Waals surface area contributed by atoms with Crippen molar-refractivity contribution in [3.05, 3.63) is 137 Å². The van der Waals surface area contributed by atoms with Gasteiger partial charge in [0.1, 0.15) is 0 Å². The lowest BCUT2D eigenvalue weighted by Gasteiger charge is -2.22. The predicted octanol–water partition coefficient (Wildman–Crippen LogP) is 4.59. The Labute approximate surface area is 271 Å². The van der Waals surface area contributed by atoms with E-state index < -0.39 is 21.8 Å². The van der Waals surface area contributed by atoms with Gasteiger partial charge >= 0.3 is 0 Å². The summed E-state index contributed by atoms with van der Waals surface area (Å²) >= 11 is 0. The van der Waals surface area contributed by atoms with Crippen molar-refractivity contribution in [1.82, 2.24) is 16.0 Å². The van der Waals surface area contributed by atoms with Crippen molar-refractivity contribution in [2.24, 2.45) is 0 Å². The first kappa shape index (κ1) is 34.4. The number of carbonyl (C=O) groups is 2.